The first kappa shape index (κ1) is 19.1. The molecule has 3 heterocycles. The molecule has 1 aliphatic heterocycles. The fourth-order valence-corrected chi connectivity index (χ4v) is 3.64. The van der Waals surface area contributed by atoms with E-state index in [1.807, 2.05) is 36.0 Å². The van der Waals surface area contributed by atoms with E-state index in [1.165, 1.54) is 0 Å². The number of rotatable bonds is 7. The fourth-order valence-electron chi connectivity index (χ4n) is 2.93. The Morgan fingerprint density at radius 1 is 1.42 bits per heavy atom. The number of imidazole rings is 1. The second kappa shape index (κ2) is 8.81. The Kier molecular flexibility index (Phi) is 6.47. The van der Waals surface area contributed by atoms with Crippen molar-refractivity contribution in [1.82, 2.24) is 24.9 Å². The average Bonchev–Trinajstić information content (AvgIpc) is 3.19. The van der Waals surface area contributed by atoms with Crippen molar-refractivity contribution in [3.8, 4) is 0 Å². The van der Waals surface area contributed by atoms with Crippen LogP contribution in [-0.4, -0.2) is 76.9 Å². The maximum Gasteiger partial charge on any atom is 0.193 e. The number of morpholine rings is 1. The number of guanidine groups is 1. The van der Waals surface area contributed by atoms with Gasteiger partial charge in [0.05, 0.1) is 31.1 Å². The predicted octanol–water partition coefficient (Wildman–Crippen LogP) is 0.534. The maximum atomic E-state index is 10.7. The number of aliphatic hydroxyl groups is 1. The van der Waals surface area contributed by atoms with Gasteiger partial charge in [-0.25, -0.2) is 9.98 Å². The molecule has 0 radical (unpaired) electrons. The van der Waals surface area contributed by atoms with Gasteiger partial charge >= 0.3 is 0 Å². The summed E-state index contributed by atoms with van der Waals surface area (Å²) >= 11 is 1.61. The number of β-amino-alcohol motifs (C(OH)–C–C–N with tert-alkyl or cyclic N) is 1. The van der Waals surface area contributed by atoms with Gasteiger partial charge in [0.25, 0.3) is 0 Å². The molecule has 1 unspecified atom stereocenters. The molecule has 0 amide bonds. The molecule has 3 N–H and O–H groups in total. The van der Waals surface area contributed by atoms with Crippen molar-refractivity contribution >= 4 is 22.3 Å². The van der Waals surface area contributed by atoms with Crippen molar-refractivity contribution in [3.63, 3.8) is 0 Å². The number of fused-ring (bicyclic) bond motifs is 1. The van der Waals surface area contributed by atoms with E-state index < -0.39 is 5.60 Å². The van der Waals surface area contributed by atoms with Crippen LogP contribution in [0.15, 0.2) is 22.8 Å². The molecule has 1 aliphatic rings. The molecular weight excluding hydrogens is 352 g/mol. The van der Waals surface area contributed by atoms with Gasteiger partial charge in [-0.05, 0) is 13.8 Å². The summed E-state index contributed by atoms with van der Waals surface area (Å²) < 4.78 is 7.36. The number of aliphatic imine (C=N–C) groups is 1. The quantitative estimate of drug-likeness (QED) is 0.480. The maximum absolute atomic E-state index is 10.7. The SMILES string of the molecule is CCNC(=NCc1cn2ccsc2n1)NCC(C)(O)CN1CCOCC1. The molecule has 2 aromatic rings. The Morgan fingerprint density at radius 2 is 2.23 bits per heavy atom. The lowest BCUT2D eigenvalue weighted by molar-refractivity contribution is -0.0201. The van der Waals surface area contributed by atoms with E-state index in [0.29, 0.717) is 25.6 Å². The minimum absolute atomic E-state index is 0.425. The van der Waals surface area contributed by atoms with Crippen LogP contribution in [0.4, 0.5) is 0 Å². The molecule has 8 nitrogen and oxygen atoms in total. The number of aromatic nitrogens is 2. The molecular formula is C17H28N6O2S. The molecule has 0 bridgehead atoms. The highest BCUT2D eigenvalue weighted by Gasteiger charge is 2.25. The third kappa shape index (κ3) is 5.41. The molecule has 3 rings (SSSR count). The van der Waals surface area contributed by atoms with Crippen LogP contribution in [0.1, 0.15) is 19.5 Å². The number of thiazole rings is 1. The third-order valence-electron chi connectivity index (χ3n) is 4.19. The van der Waals surface area contributed by atoms with Crippen LogP contribution < -0.4 is 10.6 Å². The van der Waals surface area contributed by atoms with E-state index in [-0.39, 0.29) is 0 Å². The normalized spacial score (nSPS) is 18.8. The molecule has 0 saturated carbocycles. The highest BCUT2D eigenvalue weighted by Crippen LogP contribution is 2.12. The van der Waals surface area contributed by atoms with Crippen LogP contribution >= 0.6 is 11.3 Å². The van der Waals surface area contributed by atoms with E-state index in [2.05, 4.69) is 25.5 Å². The van der Waals surface area contributed by atoms with E-state index >= 15 is 0 Å². The van der Waals surface area contributed by atoms with Crippen molar-refractivity contribution in [2.75, 3.05) is 45.9 Å². The highest BCUT2D eigenvalue weighted by atomic mass is 32.1. The van der Waals surface area contributed by atoms with Gasteiger partial charge in [0.2, 0.25) is 0 Å². The van der Waals surface area contributed by atoms with E-state index in [9.17, 15) is 5.11 Å². The van der Waals surface area contributed by atoms with Gasteiger partial charge in [0.15, 0.2) is 10.9 Å². The Balaban J connectivity index is 1.53. The number of hydrogen-bond donors (Lipinski definition) is 3. The van der Waals surface area contributed by atoms with Crippen LogP contribution in [0, 0.1) is 0 Å². The van der Waals surface area contributed by atoms with Crippen LogP contribution in [0.25, 0.3) is 4.96 Å². The van der Waals surface area contributed by atoms with Crippen molar-refractivity contribution in [2.45, 2.75) is 26.0 Å². The summed E-state index contributed by atoms with van der Waals surface area (Å²) in [5, 5.41) is 19.2. The van der Waals surface area contributed by atoms with Crippen molar-refractivity contribution in [1.29, 1.82) is 0 Å². The van der Waals surface area contributed by atoms with Gasteiger partial charge in [-0.1, -0.05) is 0 Å². The number of nitrogens with one attached hydrogen (secondary N) is 2. The fraction of sp³-hybridized carbons (Fsp3) is 0.647. The van der Waals surface area contributed by atoms with Crippen LogP contribution in [0.5, 0.6) is 0 Å². The summed E-state index contributed by atoms with van der Waals surface area (Å²) in [5.41, 5.74) is 0.0824. The van der Waals surface area contributed by atoms with Crippen LogP contribution in [0.2, 0.25) is 0 Å². The molecule has 2 aromatic heterocycles. The van der Waals surface area contributed by atoms with Crippen molar-refractivity contribution in [2.24, 2.45) is 4.99 Å². The second-order valence-electron chi connectivity index (χ2n) is 6.76. The average molecular weight is 381 g/mol. The minimum atomic E-state index is -0.843. The van der Waals surface area contributed by atoms with Crippen molar-refractivity contribution < 1.29 is 9.84 Å². The van der Waals surface area contributed by atoms with Gasteiger partial charge in [0.1, 0.15) is 0 Å². The Morgan fingerprint density at radius 3 is 2.96 bits per heavy atom. The molecule has 0 aliphatic carbocycles. The largest absolute Gasteiger partial charge is 0.387 e. The first-order chi connectivity index (χ1) is 12.6. The summed E-state index contributed by atoms with van der Waals surface area (Å²) in [4.78, 5) is 12.3. The molecule has 0 aromatic carbocycles. The Bertz CT molecular complexity index is 691. The lowest BCUT2D eigenvalue weighted by atomic mass is 10.1. The summed E-state index contributed by atoms with van der Waals surface area (Å²) in [5.74, 6) is 0.686. The van der Waals surface area contributed by atoms with Crippen molar-refractivity contribution in [3.05, 3.63) is 23.5 Å². The van der Waals surface area contributed by atoms with Crippen LogP contribution in [-0.2, 0) is 11.3 Å². The second-order valence-corrected chi connectivity index (χ2v) is 7.63. The Hall–Kier alpha value is -1.68. The number of nitrogens with zero attached hydrogens (tertiary/aromatic N) is 4. The zero-order valence-electron chi connectivity index (χ0n) is 15.4. The van der Waals surface area contributed by atoms with Gasteiger partial charge in [-0.3, -0.25) is 9.30 Å². The number of hydrogen-bond acceptors (Lipinski definition) is 6. The number of ether oxygens (including phenoxy) is 1. The van der Waals surface area contributed by atoms with E-state index in [0.717, 1.165) is 43.5 Å². The third-order valence-corrected chi connectivity index (χ3v) is 4.96. The molecule has 0 spiro atoms. The lowest BCUT2D eigenvalue weighted by Crippen LogP contribution is -2.52. The van der Waals surface area contributed by atoms with Gasteiger partial charge in [-0.15, -0.1) is 11.3 Å². The Labute approximate surface area is 157 Å². The van der Waals surface area contributed by atoms with E-state index in [1.54, 1.807) is 11.3 Å². The molecule has 144 valence electrons. The van der Waals surface area contributed by atoms with Crippen LogP contribution in [0.3, 0.4) is 0 Å². The predicted molar refractivity (Wildman–Crippen MR) is 104 cm³/mol. The standard InChI is InChI=1S/C17H28N6O2S/c1-3-18-15(19-10-14-11-23-6-9-26-16(23)21-14)20-12-17(2,24)13-22-4-7-25-8-5-22/h6,9,11,24H,3-5,7-8,10,12-13H2,1-2H3,(H2,18,19,20). The molecule has 1 atom stereocenters. The first-order valence-corrected chi connectivity index (χ1v) is 9.89. The van der Waals surface area contributed by atoms with E-state index in [4.69, 9.17) is 4.74 Å². The first-order valence-electron chi connectivity index (χ1n) is 9.01. The molecule has 1 saturated heterocycles. The van der Waals surface area contributed by atoms with Gasteiger partial charge < -0.3 is 20.5 Å². The lowest BCUT2D eigenvalue weighted by Gasteiger charge is -2.34. The van der Waals surface area contributed by atoms with Gasteiger partial charge in [0, 0.05) is 50.5 Å². The molecule has 26 heavy (non-hydrogen) atoms. The topological polar surface area (TPSA) is 86.4 Å². The minimum Gasteiger partial charge on any atom is -0.387 e. The summed E-state index contributed by atoms with van der Waals surface area (Å²) in [6.45, 7) is 9.35. The summed E-state index contributed by atoms with van der Waals surface area (Å²) in [7, 11) is 0. The summed E-state index contributed by atoms with van der Waals surface area (Å²) in [6.07, 6.45) is 3.99. The molecule has 1 fully saturated rings. The zero-order valence-corrected chi connectivity index (χ0v) is 16.3. The summed E-state index contributed by atoms with van der Waals surface area (Å²) in [6, 6.07) is 0. The monoisotopic (exact) mass is 380 g/mol. The highest BCUT2D eigenvalue weighted by molar-refractivity contribution is 7.15. The molecule has 9 heteroatoms. The zero-order chi connectivity index (χ0) is 18.4. The van der Waals surface area contributed by atoms with Gasteiger partial charge in [-0.2, -0.15) is 0 Å². The smallest absolute Gasteiger partial charge is 0.193 e.